The Bertz CT molecular complexity index is 1720. The van der Waals surface area contributed by atoms with Crippen LogP contribution in [-0.2, 0) is 6.61 Å². The van der Waals surface area contributed by atoms with Crippen molar-refractivity contribution < 1.29 is 9.47 Å². The molecule has 0 saturated heterocycles. The van der Waals surface area contributed by atoms with Gasteiger partial charge in [-0.2, -0.15) is 9.78 Å². The summed E-state index contributed by atoms with van der Waals surface area (Å²) in [7, 11) is 1.57. The van der Waals surface area contributed by atoms with Gasteiger partial charge in [-0.15, -0.1) is 0 Å². The van der Waals surface area contributed by atoms with Gasteiger partial charge in [-0.1, -0.05) is 71.7 Å². The minimum absolute atomic E-state index is 0.256. The third-order valence-corrected chi connectivity index (χ3v) is 7.27. The Hall–Kier alpha value is -3.40. The summed E-state index contributed by atoms with van der Waals surface area (Å²) in [4.78, 5) is 18.1. The van der Waals surface area contributed by atoms with Crippen molar-refractivity contribution in [3.05, 3.63) is 120 Å². The van der Waals surface area contributed by atoms with Crippen LogP contribution in [0.25, 0.3) is 22.3 Å². The summed E-state index contributed by atoms with van der Waals surface area (Å²) >= 11 is 14.3. The molecule has 190 valence electrons. The third kappa shape index (κ3) is 5.55. The van der Waals surface area contributed by atoms with E-state index in [9.17, 15) is 4.79 Å². The molecule has 1 aromatic heterocycles. The highest BCUT2D eigenvalue weighted by Crippen LogP contribution is 2.34. The number of benzene rings is 4. The summed E-state index contributed by atoms with van der Waals surface area (Å²) in [6.45, 7) is 0.287. The summed E-state index contributed by atoms with van der Waals surface area (Å²) in [5.41, 5.74) is 2.74. The Morgan fingerprint density at radius 2 is 1.74 bits per heavy atom. The number of rotatable bonds is 7. The summed E-state index contributed by atoms with van der Waals surface area (Å²) in [5.74, 6) is 1.57. The van der Waals surface area contributed by atoms with Crippen LogP contribution in [0.2, 0.25) is 10.0 Å². The molecule has 0 amide bonds. The van der Waals surface area contributed by atoms with Crippen molar-refractivity contribution in [2.24, 2.45) is 5.10 Å². The van der Waals surface area contributed by atoms with Gasteiger partial charge in [0.1, 0.15) is 6.61 Å². The standard InChI is InChI=1S/C29H20Cl2IN3O3/c1-37-26-15-19(14-24(32)27(26)38-17-18-11-12-22(30)23(31)13-18)16-33-35-28(20-7-3-2-4-8-20)34-25-10-6-5-9-21(25)29(35)36/h2-16H,17H2,1H3. The lowest BCUT2D eigenvalue weighted by Gasteiger charge is -2.14. The van der Waals surface area contributed by atoms with Crippen molar-refractivity contribution in [3.63, 3.8) is 0 Å². The zero-order chi connectivity index (χ0) is 26.6. The van der Waals surface area contributed by atoms with Gasteiger partial charge in [-0.25, -0.2) is 4.98 Å². The van der Waals surface area contributed by atoms with Gasteiger partial charge in [-0.3, -0.25) is 4.79 Å². The molecule has 0 spiro atoms. The number of ether oxygens (including phenoxy) is 2. The van der Waals surface area contributed by atoms with E-state index in [0.29, 0.717) is 38.3 Å². The molecular weight excluding hydrogens is 636 g/mol. The predicted octanol–water partition coefficient (Wildman–Crippen LogP) is 7.44. The van der Waals surface area contributed by atoms with Crippen LogP contribution in [0.4, 0.5) is 0 Å². The van der Waals surface area contributed by atoms with Gasteiger partial charge in [0.25, 0.3) is 5.56 Å². The molecule has 0 bridgehead atoms. The Labute approximate surface area is 242 Å². The number of aromatic nitrogens is 2. The molecule has 0 fully saturated rings. The molecule has 38 heavy (non-hydrogen) atoms. The van der Waals surface area contributed by atoms with Crippen LogP contribution < -0.4 is 15.0 Å². The summed E-state index contributed by atoms with van der Waals surface area (Å²) < 4.78 is 13.8. The van der Waals surface area contributed by atoms with Gasteiger partial charge in [-0.05, 0) is 70.1 Å². The molecule has 0 aliphatic carbocycles. The van der Waals surface area contributed by atoms with Crippen molar-refractivity contribution in [1.82, 2.24) is 9.66 Å². The molecule has 0 aliphatic heterocycles. The number of hydrogen-bond acceptors (Lipinski definition) is 5. The van der Waals surface area contributed by atoms with E-state index in [1.54, 1.807) is 37.6 Å². The Morgan fingerprint density at radius 3 is 2.50 bits per heavy atom. The highest BCUT2D eigenvalue weighted by molar-refractivity contribution is 14.1. The molecule has 0 unspecified atom stereocenters. The normalized spacial score (nSPS) is 11.3. The maximum absolute atomic E-state index is 13.4. The minimum atomic E-state index is -0.256. The monoisotopic (exact) mass is 655 g/mol. The van der Waals surface area contributed by atoms with Crippen LogP contribution in [0.15, 0.2) is 94.8 Å². The van der Waals surface area contributed by atoms with Crippen LogP contribution >= 0.6 is 45.8 Å². The zero-order valence-electron chi connectivity index (χ0n) is 20.1. The van der Waals surface area contributed by atoms with E-state index in [1.165, 1.54) is 4.68 Å². The minimum Gasteiger partial charge on any atom is -0.493 e. The van der Waals surface area contributed by atoms with Crippen LogP contribution in [0.3, 0.4) is 0 Å². The number of methoxy groups -OCH3 is 1. The highest BCUT2D eigenvalue weighted by Gasteiger charge is 2.14. The second-order valence-electron chi connectivity index (χ2n) is 8.25. The maximum atomic E-state index is 13.4. The maximum Gasteiger partial charge on any atom is 0.282 e. The van der Waals surface area contributed by atoms with Crippen molar-refractivity contribution in [2.75, 3.05) is 7.11 Å². The largest absolute Gasteiger partial charge is 0.493 e. The van der Waals surface area contributed by atoms with E-state index in [1.807, 2.05) is 60.7 Å². The van der Waals surface area contributed by atoms with Gasteiger partial charge in [0, 0.05) is 5.56 Å². The molecular formula is C29H20Cl2IN3O3. The predicted molar refractivity (Wildman–Crippen MR) is 161 cm³/mol. The molecule has 0 saturated carbocycles. The van der Waals surface area contributed by atoms with Crippen LogP contribution in [0.5, 0.6) is 11.5 Å². The van der Waals surface area contributed by atoms with Crippen molar-refractivity contribution in [2.45, 2.75) is 6.61 Å². The number of para-hydroxylation sites is 1. The van der Waals surface area contributed by atoms with Crippen LogP contribution in [0, 0.1) is 3.57 Å². The molecule has 0 atom stereocenters. The molecule has 6 nitrogen and oxygen atoms in total. The smallest absolute Gasteiger partial charge is 0.282 e. The molecule has 1 heterocycles. The fraction of sp³-hybridized carbons (Fsp3) is 0.0690. The summed E-state index contributed by atoms with van der Waals surface area (Å²) in [5, 5.41) is 5.99. The molecule has 4 aromatic carbocycles. The average molecular weight is 656 g/mol. The van der Waals surface area contributed by atoms with Crippen LogP contribution in [-0.4, -0.2) is 23.0 Å². The zero-order valence-corrected chi connectivity index (χ0v) is 23.7. The van der Waals surface area contributed by atoms with E-state index in [-0.39, 0.29) is 12.2 Å². The van der Waals surface area contributed by atoms with Crippen LogP contribution in [0.1, 0.15) is 11.1 Å². The van der Waals surface area contributed by atoms with E-state index < -0.39 is 0 Å². The number of halogens is 3. The first-order valence-corrected chi connectivity index (χ1v) is 13.3. The second kappa shape index (κ2) is 11.6. The fourth-order valence-electron chi connectivity index (χ4n) is 3.87. The lowest BCUT2D eigenvalue weighted by atomic mass is 10.2. The Morgan fingerprint density at radius 1 is 0.974 bits per heavy atom. The summed E-state index contributed by atoms with van der Waals surface area (Å²) in [6.07, 6.45) is 1.61. The first-order valence-electron chi connectivity index (χ1n) is 11.5. The molecule has 0 N–H and O–H groups in total. The number of nitrogens with zero attached hydrogens (tertiary/aromatic N) is 3. The topological polar surface area (TPSA) is 65.7 Å². The van der Waals surface area contributed by atoms with E-state index in [4.69, 9.17) is 37.7 Å². The SMILES string of the molecule is COc1cc(C=Nn2c(-c3ccccc3)nc3ccccc3c2=O)cc(I)c1OCc1ccc(Cl)c(Cl)c1. The molecule has 0 aliphatic rings. The van der Waals surface area contributed by atoms with E-state index >= 15 is 0 Å². The lowest BCUT2D eigenvalue weighted by Crippen LogP contribution is -2.20. The van der Waals surface area contributed by atoms with Gasteiger partial charge in [0.05, 0.1) is 37.8 Å². The van der Waals surface area contributed by atoms with Crippen molar-refractivity contribution >= 4 is 62.9 Å². The van der Waals surface area contributed by atoms with Gasteiger partial charge < -0.3 is 9.47 Å². The van der Waals surface area contributed by atoms with Gasteiger partial charge in [0.2, 0.25) is 0 Å². The average Bonchev–Trinajstić information content (AvgIpc) is 2.94. The summed E-state index contributed by atoms with van der Waals surface area (Å²) in [6, 6.07) is 25.8. The number of fused-ring (bicyclic) bond motifs is 1. The third-order valence-electron chi connectivity index (χ3n) is 5.73. The number of hydrogen-bond donors (Lipinski definition) is 0. The first kappa shape index (κ1) is 26.2. The van der Waals surface area contributed by atoms with Crippen molar-refractivity contribution in [3.8, 4) is 22.9 Å². The lowest BCUT2D eigenvalue weighted by molar-refractivity contribution is 0.282. The fourth-order valence-corrected chi connectivity index (χ4v) is 4.97. The molecule has 5 aromatic rings. The Balaban J connectivity index is 1.50. The molecule has 5 rings (SSSR count). The highest BCUT2D eigenvalue weighted by atomic mass is 127. The van der Waals surface area contributed by atoms with E-state index in [0.717, 1.165) is 20.3 Å². The molecule has 9 heteroatoms. The first-order chi connectivity index (χ1) is 18.4. The van der Waals surface area contributed by atoms with Gasteiger partial charge in [0.15, 0.2) is 17.3 Å². The second-order valence-corrected chi connectivity index (χ2v) is 10.2. The van der Waals surface area contributed by atoms with E-state index in [2.05, 4.69) is 27.7 Å². The van der Waals surface area contributed by atoms with Crippen molar-refractivity contribution in [1.29, 1.82) is 0 Å². The Kier molecular flexibility index (Phi) is 7.97. The quantitative estimate of drug-likeness (QED) is 0.135. The molecule has 0 radical (unpaired) electrons. The van der Waals surface area contributed by atoms with Gasteiger partial charge >= 0.3 is 0 Å².